The Labute approximate surface area is 105 Å². The lowest BCUT2D eigenvalue weighted by Crippen LogP contribution is -2.04. The zero-order valence-electron chi connectivity index (χ0n) is 11.6. The van der Waals surface area contributed by atoms with Crippen LogP contribution in [-0.4, -0.2) is 9.78 Å². The van der Waals surface area contributed by atoms with Gasteiger partial charge in [-0.3, -0.25) is 4.68 Å². The molecule has 98 valence electrons. The Balaban J connectivity index is 2.32. The van der Waals surface area contributed by atoms with Gasteiger partial charge in [-0.05, 0) is 20.3 Å². The highest BCUT2D eigenvalue weighted by Gasteiger charge is 2.08. The third-order valence-electron chi connectivity index (χ3n) is 3.46. The van der Waals surface area contributed by atoms with Crippen LogP contribution >= 0.6 is 0 Å². The molecule has 0 atom stereocenters. The van der Waals surface area contributed by atoms with Gasteiger partial charge in [0.1, 0.15) is 0 Å². The summed E-state index contributed by atoms with van der Waals surface area (Å²) in [4.78, 5) is 0. The molecule has 1 heterocycles. The number of nitrogens with two attached hydrogens (primary N) is 1. The second-order valence-corrected chi connectivity index (χ2v) is 4.84. The number of hydrogen-bond donors (Lipinski definition) is 1. The molecule has 0 saturated carbocycles. The summed E-state index contributed by atoms with van der Waals surface area (Å²) in [6.07, 6.45) is 7.97. The van der Waals surface area contributed by atoms with Crippen molar-refractivity contribution in [1.82, 2.24) is 9.78 Å². The van der Waals surface area contributed by atoms with E-state index in [1.54, 1.807) is 0 Å². The van der Waals surface area contributed by atoms with Crippen LogP contribution in [0.3, 0.4) is 0 Å². The summed E-state index contributed by atoms with van der Waals surface area (Å²) in [6, 6.07) is 0. The molecule has 0 bridgehead atoms. The van der Waals surface area contributed by atoms with Crippen LogP contribution in [0.25, 0.3) is 0 Å². The molecule has 0 aromatic carbocycles. The van der Waals surface area contributed by atoms with E-state index in [2.05, 4.69) is 23.6 Å². The fraction of sp³-hybridized carbons (Fsp3) is 0.786. The van der Waals surface area contributed by atoms with Crippen LogP contribution in [0, 0.1) is 13.8 Å². The molecular formula is C14H27N3. The van der Waals surface area contributed by atoms with Crippen molar-refractivity contribution in [3.05, 3.63) is 17.0 Å². The largest absolute Gasteiger partial charge is 0.326 e. The second-order valence-electron chi connectivity index (χ2n) is 4.84. The van der Waals surface area contributed by atoms with Gasteiger partial charge in [0.15, 0.2) is 0 Å². The molecular weight excluding hydrogens is 210 g/mol. The van der Waals surface area contributed by atoms with E-state index < -0.39 is 0 Å². The van der Waals surface area contributed by atoms with Crippen molar-refractivity contribution >= 4 is 0 Å². The molecule has 0 fully saturated rings. The van der Waals surface area contributed by atoms with Gasteiger partial charge in [-0.15, -0.1) is 0 Å². The first-order valence-corrected chi connectivity index (χ1v) is 6.93. The topological polar surface area (TPSA) is 43.8 Å². The molecule has 0 aliphatic carbocycles. The van der Waals surface area contributed by atoms with Crippen molar-refractivity contribution < 1.29 is 0 Å². The summed E-state index contributed by atoms with van der Waals surface area (Å²) in [5.41, 5.74) is 9.28. The summed E-state index contributed by atoms with van der Waals surface area (Å²) in [5.74, 6) is 0. The number of nitrogens with zero attached hydrogens (tertiary/aromatic N) is 2. The zero-order valence-corrected chi connectivity index (χ0v) is 11.6. The van der Waals surface area contributed by atoms with Crippen molar-refractivity contribution in [3.63, 3.8) is 0 Å². The van der Waals surface area contributed by atoms with Gasteiger partial charge in [0.05, 0.1) is 5.69 Å². The Morgan fingerprint density at radius 3 is 2.29 bits per heavy atom. The van der Waals surface area contributed by atoms with Gasteiger partial charge in [-0.25, -0.2) is 0 Å². The Kier molecular flexibility index (Phi) is 6.27. The molecule has 3 heteroatoms. The molecule has 2 N–H and O–H groups in total. The third kappa shape index (κ3) is 4.15. The number of unbranched alkanes of at least 4 members (excludes halogenated alkanes) is 5. The summed E-state index contributed by atoms with van der Waals surface area (Å²) in [7, 11) is 0. The maximum absolute atomic E-state index is 5.72. The molecule has 1 aromatic rings. The highest BCUT2D eigenvalue weighted by molar-refractivity contribution is 5.23. The fourth-order valence-electron chi connectivity index (χ4n) is 2.29. The number of hydrogen-bond acceptors (Lipinski definition) is 2. The maximum Gasteiger partial charge on any atom is 0.0641 e. The van der Waals surface area contributed by atoms with Gasteiger partial charge in [-0.1, -0.05) is 39.0 Å². The predicted molar refractivity (Wildman–Crippen MR) is 73.0 cm³/mol. The Morgan fingerprint density at radius 2 is 1.71 bits per heavy atom. The molecule has 1 aromatic heterocycles. The number of aryl methyl sites for hydroxylation is 2. The van der Waals surface area contributed by atoms with E-state index in [1.165, 1.54) is 49.8 Å². The lowest BCUT2D eigenvalue weighted by Gasteiger charge is -2.05. The van der Waals surface area contributed by atoms with Crippen LogP contribution in [0.15, 0.2) is 0 Å². The Hall–Kier alpha value is -0.830. The molecule has 0 aliphatic rings. The smallest absolute Gasteiger partial charge is 0.0641 e. The lowest BCUT2D eigenvalue weighted by molar-refractivity contribution is 0.517. The molecule has 0 aliphatic heterocycles. The quantitative estimate of drug-likeness (QED) is 0.705. The minimum absolute atomic E-state index is 0.605. The van der Waals surface area contributed by atoms with Crippen LogP contribution in [0.1, 0.15) is 62.4 Å². The molecule has 0 spiro atoms. The van der Waals surface area contributed by atoms with Crippen molar-refractivity contribution in [2.24, 2.45) is 5.73 Å². The van der Waals surface area contributed by atoms with Gasteiger partial charge in [0.2, 0.25) is 0 Å². The van der Waals surface area contributed by atoms with Crippen molar-refractivity contribution in [2.75, 3.05) is 0 Å². The monoisotopic (exact) mass is 237 g/mol. The maximum atomic E-state index is 5.72. The summed E-state index contributed by atoms with van der Waals surface area (Å²) in [6.45, 7) is 8.07. The van der Waals surface area contributed by atoms with E-state index in [4.69, 9.17) is 5.73 Å². The minimum Gasteiger partial charge on any atom is -0.326 e. The van der Waals surface area contributed by atoms with Gasteiger partial charge < -0.3 is 5.73 Å². The first-order valence-electron chi connectivity index (χ1n) is 6.93. The molecule has 3 nitrogen and oxygen atoms in total. The zero-order chi connectivity index (χ0) is 12.7. The molecule has 0 saturated heterocycles. The second kappa shape index (κ2) is 7.49. The van der Waals surface area contributed by atoms with E-state index in [0.29, 0.717) is 6.54 Å². The van der Waals surface area contributed by atoms with E-state index >= 15 is 0 Å². The summed E-state index contributed by atoms with van der Waals surface area (Å²) >= 11 is 0. The highest BCUT2D eigenvalue weighted by Crippen LogP contribution is 2.13. The van der Waals surface area contributed by atoms with E-state index in [1.807, 2.05) is 6.92 Å². The highest BCUT2D eigenvalue weighted by atomic mass is 15.3. The third-order valence-corrected chi connectivity index (χ3v) is 3.46. The van der Waals surface area contributed by atoms with Crippen LogP contribution in [0.2, 0.25) is 0 Å². The van der Waals surface area contributed by atoms with Crippen LogP contribution in [0.4, 0.5) is 0 Å². The van der Waals surface area contributed by atoms with Crippen molar-refractivity contribution in [2.45, 2.75) is 72.4 Å². The van der Waals surface area contributed by atoms with E-state index in [0.717, 1.165) is 12.2 Å². The first kappa shape index (κ1) is 14.2. The van der Waals surface area contributed by atoms with Crippen LogP contribution in [0.5, 0.6) is 0 Å². The normalized spacial score (nSPS) is 11.1. The molecule has 0 radical (unpaired) electrons. The first-order chi connectivity index (χ1) is 8.20. The van der Waals surface area contributed by atoms with Gasteiger partial charge in [-0.2, -0.15) is 5.10 Å². The standard InChI is InChI=1S/C14H27N3/c1-4-5-6-7-8-9-10-17-13(3)14(11-15)12(2)16-17/h4-11,15H2,1-3H3. The lowest BCUT2D eigenvalue weighted by atomic mass is 10.1. The molecule has 0 amide bonds. The minimum atomic E-state index is 0.605. The molecule has 17 heavy (non-hydrogen) atoms. The average Bonchev–Trinajstić information content (AvgIpc) is 2.58. The predicted octanol–water partition coefficient (Wildman–Crippen LogP) is 3.32. The summed E-state index contributed by atoms with van der Waals surface area (Å²) in [5, 5.41) is 4.55. The molecule has 1 rings (SSSR count). The van der Waals surface area contributed by atoms with Crippen molar-refractivity contribution in [1.29, 1.82) is 0 Å². The van der Waals surface area contributed by atoms with Gasteiger partial charge >= 0.3 is 0 Å². The SMILES string of the molecule is CCCCCCCCn1nc(C)c(CN)c1C. The average molecular weight is 237 g/mol. The molecule has 0 unspecified atom stereocenters. The van der Waals surface area contributed by atoms with Gasteiger partial charge in [0.25, 0.3) is 0 Å². The summed E-state index contributed by atoms with van der Waals surface area (Å²) < 4.78 is 2.12. The number of aromatic nitrogens is 2. The Bertz CT molecular complexity index is 328. The van der Waals surface area contributed by atoms with E-state index in [9.17, 15) is 0 Å². The van der Waals surface area contributed by atoms with E-state index in [-0.39, 0.29) is 0 Å². The fourth-order valence-corrected chi connectivity index (χ4v) is 2.29. The number of rotatable bonds is 8. The van der Waals surface area contributed by atoms with Crippen LogP contribution in [-0.2, 0) is 13.1 Å². The van der Waals surface area contributed by atoms with Crippen LogP contribution < -0.4 is 5.73 Å². The van der Waals surface area contributed by atoms with Crippen molar-refractivity contribution in [3.8, 4) is 0 Å². The van der Waals surface area contributed by atoms with Gasteiger partial charge in [0, 0.05) is 24.3 Å². The Morgan fingerprint density at radius 1 is 1.06 bits per heavy atom.